The van der Waals surface area contributed by atoms with Crippen molar-refractivity contribution in [1.29, 1.82) is 0 Å². The van der Waals surface area contributed by atoms with Crippen molar-refractivity contribution in [3.63, 3.8) is 0 Å². The standard InChI is InChI=1S/C19H29N3O3/c1-14(2)22(18(23)12-20)17-11-7-6-10-16(17)21-19(24)25-13-15-8-4-3-5-9-15/h3-5,8-9,14,16-17H,6-7,10-13,20H2,1-2H3,(H,21,24). The van der Waals surface area contributed by atoms with Crippen molar-refractivity contribution < 1.29 is 14.3 Å². The van der Waals surface area contributed by atoms with Crippen molar-refractivity contribution in [2.75, 3.05) is 6.54 Å². The monoisotopic (exact) mass is 347 g/mol. The van der Waals surface area contributed by atoms with Crippen LogP contribution in [0.1, 0.15) is 45.1 Å². The molecule has 3 N–H and O–H groups in total. The van der Waals surface area contributed by atoms with E-state index in [1.165, 1.54) is 0 Å². The zero-order chi connectivity index (χ0) is 18.2. The highest BCUT2D eigenvalue weighted by molar-refractivity contribution is 5.79. The molecule has 25 heavy (non-hydrogen) atoms. The third kappa shape index (κ3) is 5.46. The zero-order valence-corrected chi connectivity index (χ0v) is 15.1. The first-order valence-corrected chi connectivity index (χ1v) is 9.01. The van der Waals surface area contributed by atoms with Crippen molar-refractivity contribution in [3.8, 4) is 0 Å². The van der Waals surface area contributed by atoms with E-state index in [0.29, 0.717) is 0 Å². The second kappa shape index (κ2) is 9.42. The van der Waals surface area contributed by atoms with E-state index in [-0.39, 0.29) is 37.2 Å². The average molecular weight is 347 g/mol. The second-order valence-corrected chi connectivity index (χ2v) is 6.76. The first-order valence-electron chi connectivity index (χ1n) is 9.01. The van der Waals surface area contributed by atoms with Gasteiger partial charge in [-0.1, -0.05) is 43.2 Å². The van der Waals surface area contributed by atoms with Crippen LogP contribution < -0.4 is 11.1 Å². The van der Waals surface area contributed by atoms with Crippen LogP contribution in [0.25, 0.3) is 0 Å². The number of nitrogens with one attached hydrogen (secondary N) is 1. The predicted molar refractivity (Wildman–Crippen MR) is 96.8 cm³/mol. The zero-order valence-electron chi connectivity index (χ0n) is 15.1. The molecule has 1 aliphatic rings. The molecule has 1 fully saturated rings. The van der Waals surface area contributed by atoms with Gasteiger partial charge in [0, 0.05) is 6.04 Å². The molecule has 6 heteroatoms. The van der Waals surface area contributed by atoms with Gasteiger partial charge in [-0.25, -0.2) is 4.79 Å². The van der Waals surface area contributed by atoms with Gasteiger partial charge >= 0.3 is 6.09 Å². The predicted octanol–water partition coefficient (Wildman–Crippen LogP) is 2.42. The quantitative estimate of drug-likeness (QED) is 0.828. The van der Waals surface area contributed by atoms with Gasteiger partial charge in [-0.05, 0) is 32.3 Å². The van der Waals surface area contributed by atoms with Crippen molar-refractivity contribution in [3.05, 3.63) is 35.9 Å². The van der Waals surface area contributed by atoms with Crippen molar-refractivity contribution >= 4 is 12.0 Å². The van der Waals surface area contributed by atoms with Crippen LogP contribution >= 0.6 is 0 Å². The maximum atomic E-state index is 12.3. The molecule has 138 valence electrons. The molecule has 2 unspecified atom stereocenters. The lowest BCUT2D eigenvalue weighted by Gasteiger charge is -2.42. The first-order chi connectivity index (χ1) is 12.0. The van der Waals surface area contributed by atoms with E-state index < -0.39 is 6.09 Å². The number of rotatable bonds is 6. The maximum absolute atomic E-state index is 12.3. The van der Waals surface area contributed by atoms with Gasteiger partial charge in [0.15, 0.2) is 0 Å². The average Bonchev–Trinajstić information content (AvgIpc) is 2.62. The number of alkyl carbamates (subject to hydrolysis) is 1. The molecule has 0 aromatic heterocycles. The van der Waals surface area contributed by atoms with E-state index in [2.05, 4.69) is 5.32 Å². The fraction of sp³-hybridized carbons (Fsp3) is 0.579. The molecular formula is C19H29N3O3. The molecule has 0 saturated heterocycles. The molecule has 0 spiro atoms. The molecule has 1 aliphatic carbocycles. The van der Waals surface area contributed by atoms with Crippen molar-refractivity contribution in [1.82, 2.24) is 10.2 Å². The van der Waals surface area contributed by atoms with Gasteiger partial charge in [0.25, 0.3) is 0 Å². The second-order valence-electron chi connectivity index (χ2n) is 6.76. The number of nitrogens with two attached hydrogens (primary N) is 1. The minimum Gasteiger partial charge on any atom is -0.445 e. The van der Waals surface area contributed by atoms with Crippen LogP contribution in [0.5, 0.6) is 0 Å². The number of hydrogen-bond acceptors (Lipinski definition) is 4. The third-order valence-electron chi connectivity index (χ3n) is 4.62. The summed E-state index contributed by atoms with van der Waals surface area (Å²) >= 11 is 0. The molecule has 2 amide bonds. The van der Waals surface area contributed by atoms with Gasteiger partial charge in [-0.3, -0.25) is 4.79 Å². The minimum absolute atomic E-state index is 0.0140. The SMILES string of the molecule is CC(C)N(C(=O)CN)C1CCCCC1NC(=O)OCc1ccccc1. The normalized spacial score (nSPS) is 20.2. The Labute approximate surface area is 149 Å². The number of ether oxygens (including phenoxy) is 1. The summed E-state index contributed by atoms with van der Waals surface area (Å²) in [4.78, 5) is 26.3. The Bertz CT molecular complexity index is 562. The summed E-state index contributed by atoms with van der Waals surface area (Å²) in [6.45, 7) is 4.18. The lowest BCUT2D eigenvalue weighted by molar-refractivity contribution is -0.135. The van der Waals surface area contributed by atoms with Crippen LogP contribution in [0.3, 0.4) is 0 Å². The summed E-state index contributed by atoms with van der Waals surface area (Å²) in [5.41, 5.74) is 6.52. The molecule has 1 saturated carbocycles. The molecule has 0 bridgehead atoms. The first kappa shape index (κ1) is 19.2. The number of carbonyl (C=O) groups excluding carboxylic acids is 2. The smallest absolute Gasteiger partial charge is 0.407 e. The van der Waals surface area contributed by atoms with Gasteiger partial charge in [0.05, 0.1) is 18.6 Å². The molecule has 0 radical (unpaired) electrons. The number of nitrogens with zero attached hydrogens (tertiary/aromatic N) is 1. The summed E-state index contributed by atoms with van der Waals surface area (Å²) in [5, 5.41) is 2.96. The van der Waals surface area contributed by atoms with Gasteiger partial charge in [0.1, 0.15) is 6.61 Å². The summed E-state index contributed by atoms with van der Waals surface area (Å²) in [7, 11) is 0. The summed E-state index contributed by atoms with van der Waals surface area (Å²) in [5.74, 6) is -0.0775. The Balaban J connectivity index is 1.97. The topological polar surface area (TPSA) is 84.7 Å². The summed E-state index contributed by atoms with van der Waals surface area (Å²) in [6.07, 6.45) is 3.34. The van der Waals surface area contributed by atoms with Gasteiger partial charge in [-0.15, -0.1) is 0 Å². The van der Waals surface area contributed by atoms with E-state index in [1.54, 1.807) is 0 Å². The maximum Gasteiger partial charge on any atom is 0.407 e. The highest BCUT2D eigenvalue weighted by Gasteiger charge is 2.35. The number of amides is 2. The Morgan fingerprint density at radius 2 is 1.92 bits per heavy atom. The molecule has 2 atom stereocenters. The fourth-order valence-corrected chi connectivity index (χ4v) is 3.49. The molecular weight excluding hydrogens is 318 g/mol. The van der Waals surface area contributed by atoms with Crippen molar-refractivity contribution in [2.45, 2.75) is 64.3 Å². The van der Waals surface area contributed by atoms with Crippen LogP contribution in [0.15, 0.2) is 30.3 Å². The lowest BCUT2D eigenvalue weighted by atomic mass is 9.88. The number of hydrogen-bond donors (Lipinski definition) is 2. The Morgan fingerprint density at radius 3 is 2.56 bits per heavy atom. The molecule has 0 aliphatic heterocycles. The molecule has 0 heterocycles. The Kier molecular flexibility index (Phi) is 7.25. The van der Waals surface area contributed by atoms with E-state index in [1.807, 2.05) is 49.1 Å². The van der Waals surface area contributed by atoms with Gasteiger partial charge in [-0.2, -0.15) is 0 Å². The number of benzene rings is 1. The molecule has 1 aromatic carbocycles. The van der Waals surface area contributed by atoms with Crippen LogP contribution in [0.4, 0.5) is 4.79 Å². The molecule has 2 rings (SSSR count). The van der Waals surface area contributed by atoms with Crippen molar-refractivity contribution in [2.24, 2.45) is 5.73 Å². The van der Waals surface area contributed by atoms with Crippen LogP contribution in [-0.4, -0.2) is 41.6 Å². The van der Waals surface area contributed by atoms with Crippen LogP contribution in [0.2, 0.25) is 0 Å². The Hall–Kier alpha value is -2.08. The fourth-order valence-electron chi connectivity index (χ4n) is 3.49. The number of carbonyl (C=O) groups is 2. The minimum atomic E-state index is -0.440. The van der Waals surface area contributed by atoms with E-state index in [4.69, 9.17) is 10.5 Å². The highest BCUT2D eigenvalue weighted by atomic mass is 16.5. The van der Waals surface area contributed by atoms with Gasteiger partial charge in [0.2, 0.25) is 5.91 Å². The van der Waals surface area contributed by atoms with Gasteiger partial charge < -0.3 is 20.7 Å². The Morgan fingerprint density at radius 1 is 1.24 bits per heavy atom. The molecule has 1 aromatic rings. The van der Waals surface area contributed by atoms with Crippen LogP contribution in [-0.2, 0) is 16.1 Å². The summed E-state index contributed by atoms with van der Waals surface area (Å²) < 4.78 is 5.33. The highest BCUT2D eigenvalue weighted by Crippen LogP contribution is 2.25. The lowest BCUT2D eigenvalue weighted by Crippen LogP contribution is -2.58. The van der Waals surface area contributed by atoms with E-state index in [0.717, 1.165) is 31.2 Å². The summed E-state index contributed by atoms with van der Waals surface area (Å²) in [6, 6.07) is 9.48. The van der Waals surface area contributed by atoms with Crippen LogP contribution in [0, 0.1) is 0 Å². The third-order valence-corrected chi connectivity index (χ3v) is 4.62. The van der Waals surface area contributed by atoms with E-state index >= 15 is 0 Å². The molecule has 6 nitrogen and oxygen atoms in total. The largest absolute Gasteiger partial charge is 0.445 e. The van der Waals surface area contributed by atoms with E-state index in [9.17, 15) is 9.59 Å².